The zero-order valence-corrected chi connectivity index (χ0v) is 22.2. The molecular weight excluding hydrogens is 506 g/mol. The standard InChI is InChI=1S/C26H39N7O6/c1-14(2)22(26(38)39)33-25(37)20(11-15-13-30-18-8-4-3-7-16(15)18)32-24(36)19(9-5-6-10-27)31-23(35)17(28)12-21(29)34/h3-4,7-8,13-14,17,19-20,22,30H,5-6,9-12,27-28H2,1-2H3,(H2,29,34)(H,31,35)(H,32,36)(H,33,37)(H,38,39). The molecule has 4 unspecified atom stereocenters. The van der Waals surface area contributed by atoms with Crippen LogP contribution in [0.2, 0.25) is 0 Å². The van der Waals surface area contributed by atoms with Crippen LogP contribution in [0, 0.1) is 5.92 Å². The number of carbonyl (C=O) groups excluding carboxylic acids is 4. The molecule has 0 saturated carbocycles. The van der Waals surface area contributed by atoms with Gasteiger partial charge in [-0.05, 0) is 43.4 Å². The number of aromatic nitrogens is 1. The Morgan fingerprint density at radius 1 is 0.949 bits per heavy atom. The van der Waals surface area contributed by atoms with Crippen molar-refractivity contribution in [2.75, 3.05) is 6.54 Å². The van der Waals surface area contributed by atoms with Crippen LogP contribution in [0.4, 0.5) is 0 Å². The van der Waals surface area contributed by atoms with Gasteiger partial charge in [-0.1, -0.05) is 32.0 Å². The van der Waals surface area contributed by atoms with E-state index in [1.807, 2.05) is 24.3 Å². The van der Waals surface area contributed by atoms with Crippen LogP contribution in [0.1, 0.15) is 45.1 Å². The first-order chi connectivity index (χ1) is 18.4. The number of primary amides is 1. The lowest BCUT2D eigenvalue weighted by Crippen LogP contribution is -2.58. The fraction of sp³-hybridized carbons (Fsp3) is 0.500. The average Bonchev–Trinajstić information content (AvgIpc) is 3.28. The number of hydrogen-bond acceptors (Lipinski definition) is 7. The maximum atomic E-state index is 13.4. The van der Waals surface area contributed by atoms with Gasteiger partial charge >= 0.3 is 5.97 Å². The second kappa shape index (κ2) is 14.8. The van der Waals surface area contributed by atoms with Crippen LogP contribution in [-0.4, -0.2) is 70.4 Å². The number of amides is 4. The second-order valence-electron chi connectivity index (χ2n) is 9.82. The Labute approximate surface area is 226 Å². The minimum Gasteiger partial charge on any atom is -0.480 e. The quantitative estimate of drug-likeness (QED) is 0.124. The van der Waals surface area contributed by atoms with Crippen molar-refractivity contribution < 1.29 is 29.1 Å². The molecule has 0 aliphatic heterocycles. The van der Waals surface area contributed by atoms with E-state index >= 15 is 0 Å². The Morgan fingerprint density at radius 3 is 2.21 bits per heavy atom. The number of nitrogens with two attached hydrogens (primary N) is 3. The molecule has 4 atom stereocenters. The van der Waals surface area contributed by atoms with Crippen molar-refractivity contribution >= 4 is 40.5 Å². The zero-order valence-electron chi connectivity index (χ0n) is 22.2. The van der Waals surface area contributed by atoms with Gasteiger partial charge in [0.25, 0.3) is 0 Å². The molecular formula is C26H39N7O6. The summed E-state index contributed by atoms with van der Waals surface area (Å²) in [4.78, 5) is 65.3. The Balaban J connectivity index is 2.31. The third-order valence-electron chi connectivity index (χ3n) is 6.30. The minimum atomic E-state index is -1.25. The summed E-state index contributed by atoms with van der Waals surface area (Å²) in [7, 11) is 0. The molecule has 0 aliphatic carbocycles. The van der Waals surface area contributed by atoms with Gasteiger partial charge in [0.2, 0.25) is 23.6 Å². The van der Waals surface area contributed by atoms with Gasteiger partial charge in [0.05, 0.1) is 12.5 Å². The number of aliphatic carboxylic acids is 1. The molecule has 0 radical (unpaired) electrons. The number of carbonyl (C=O) groups is 5. The summed E-state index contributed by atoms with van der Waals surface area (Å²) in [5, 5.41) is 18.1. The van der Waals surface area contributed by atoms with E-state index in [1.54, 1.807) is 20.0 Å². The van der Waals surface area contributed by atoms with E-state index in [9.17, 15) is 29.1 Å². The van der Waals surface area contributed by atoms with E-state index in [1.165, 1.54) is 0 Å². The molecule has 0 saturated heterocycles. The lowest BCUT2D eigenvalue weighted by Gasteiger charge is -2.26. The van der Waals surface area contributed by atoms with Crippen LogP contribution in [0.15, 0.2) is 30.5 Å². The van der Waals surface area contributed by atoms with Gasteiger partial charge in [-0.15, -0.1) is 0 Å². The number of H-pyrrole nitrogens is 1. The predicted molar refractivity (Wildman–Crippen MR) is 145 cm³/mol. The summed E-state index contributed by atoms with van der Waals surface area (Å²) < 4.78 is 0. The minimum absolute atomic E-state index is 0.0523. The Bertz CT molecular complexity index is 1160. The number of fused-ring (bicyclic) bond motifs is 1. The number of carboxylic acids is 1. The average molecular weight is 546 g/mol. The zero-order chi connectivity index (χ0) is 29.1. The van der Waals surface area contributed by atoms with Gasteiger partial charge in [0, 0.05) is 23.5 Å². The van der Waals surface area contributed by atoms with Gasteiger partial charge < -0.3 is 43.2 Å². The van der Waals surface area contributed by atoms with Crippen LogP contribution in [0.25, 0.3) is 10.9 Å². The highest BCUT2D eigenvalue weighted by molar-refractivity contribution is 5.95. The van der Waals surface area contributed by atoms with Crippen molar-refractivity contribution in [3.63, 3.8) is 0 Å². The molecule has 11 N–H and O–H groups in total. The summed E-state index contributed by atoms with van der Waals surface area (Å²) >= 11 is 0. The van der Waals surface area contributed by atoms with E-state index < -0.39 is 66.1 Å². The molecule has 13 heteroatoms. The molecule has 2 aromatic rings. The highest BCUT2D eigenvalue weighted by Gasteiger charge is 2.32. The van der Waals surface area contributed by atoms with E-state index in [4.69, 9.17) is 17.2 Å². The van der Waals surface area contributed by atoms with Gasteiger partial charge in [-0.25, -0.2) is 4.79 Å². The van der Waals surface area contributed by atoms with Crippen molar-refractivity contribution in [1.29, 1.82) is 0 Å². The maximum Gasteiger partial charge on any atom is 0.326 e. The van der Waals surface area contributed by atoms with Crippen molar-refractivity contribution in [1.82, 2.24) is 20.9 Å². The van der Waals surface area contributed by atoms with Crippen LogP contribution >= 0.6 is 0 Å². The summed E-state index contributed by atoms with van der Waals surface area (Å²) in [5.41, 5.74) is 18.0. The fourth-order valence-corrected chi connectivity index (χ4v) is 4.12. The van der Waals surface area contributed by atoms with Crippen LogP contribution < -0.4 is 33.2 Å². The van der Waals surface area contributed by atoms with E-state index in [0.717, 1.165) is 16.5 Å². The number of rotatable bonds is 16. The Kier molecular flexibility index (Phi) is 11.9. The number of carboxylic acid groups (broad SMARTS) is 1. The Hall–Kier alpha value is -3.97. The highest BCUT2D eigenvalue weighted by atomic mass is 16.4. The van der Waals surface area contributed by atoms with Crippen LogP contribution in [0.5, 0.6) is 0 Å². The fourth-order valence-electron chi connectivity index (χ4n) is 4.12. The molecule has 4 amide bonds. The molecule has 2 rings (SSSR count). The topological polar surface area (TPSA) is 236 Å². The normalized spacial score (nSPS) is 14.3. The smallest absolute Gasteiger partial charge is 0.326 e. The summed E-state index contributed by atoms with van der Waals surface area (Å²) in [6, 6.07) is 2.75. The Morgan fingerprint density at radius 2 is 1.59 bits per heavy atom. The number of benzene rings is 1. The summed E-state index contributed by atoms with van der Waals surface area (Å²) in [6.07, 6.45) is 2.65. The first-order valence-corrected chi connectivity index (χ1v) is 12.9. The third kappa shape index (κ3) is 9.37. The van der Waals surface area contributed by atoms with E-state index in [-0.39, 0.29) is 12.8 Å². The van der Waals surface area contributed by atoms with Crippen molar-refractivity contribution in [2.45, 2.75) is 70.1 Å². The largest absolute Gasteiger partial charge is 0.480 e. The van der Waals surface area contributed by atoms with Gasteiger partial charge in [0.15, 0.2) is 0 Å². The number of nitrogens with one attached hydrogen (secondary N) is 4. The van der Waals surface area contributed by atoms with Crippen molar-refractivity contribution in [3.8, 4) is 0 Å². The lowest BCUT2D eigenvalue weighted by molar-refractivity contribution is -0.143. The van der Waals surface area contributed by atoms with Gasteiger partial charge in [-0.3, -0.25) is 19.2 Å². The molecule has 1 aromatic heterocycles. The molecule has 13 nitrogen and oxygen atoms in total. The molecule has 1 aromatic carbocycles. The molecule has 214 valence electrons. The molecule has 0 fully saturated rings. The van der Waals surface area contributed by atoms with E-state index in [2.05, 4.69) is 20.9 Å². The first kappa shape index (κ1) is 31.2. The highest BCUT2D eigenvalue weighted by Crippen LogP contribution is 2.19. The predicted octanol–water partition coefficient (Wildman–Crippen LogP) is -0.763. The monoisotopic (exact) mass is 545 g/mol. The maximum absolute atomic E-state index is 13.4. The lowest BCUT2D eigenvalue weighted by atomic mass is 10.0. The SMILES string of the molecule is CC(C)C(NC(=O)C(Cc1c[nH]c2ccccc12)NC(=O)C(CCCCN)NC(=O)C(N)CC(N)=O)C(=O)O. The second-order valence-corrected chi connectivity index (χ2v) is 9.82. The van der Waals surface area contributed by atoms with E-state index in [0.29, 0.717) is 19.4 Å². The number of aromatic amines is 1. The third-order valence-corrected chi connectivity index (χ3v) is 6.30. The van der Waals surface area contributed by atoms with Gasteiger partial charge in [0.1, 0.15) is 18.1 Å². The molecule has 39 heavy (non-hydrogen) atoms. The number of para-hydroxylation sites is 1. The molecule has 0 aliphatic rings. The van der Waals surface area contributed by atoms with Crippen LogP contribution in [-0.2, 0) is 30.4 Å². The molecule has 0 spiro atoms. The summed E-state index contributed by atoms with van der Waals surface area (Å²) in [5.74, 6) is -4.48. The van der Waals surface area contributed by atoms with Crippen molar-refractivity contribution in [2.24, 2.45) is 23.1 Å². The van der Waals surface area contributed by atoms with Gasteiger partial charge in [-0.2, -0.15) is 0 Å². The number of hydrogen-bond donors (Lipinski definition) is 8. The number of unbranched alkanes of at least 4 members (excludes halogenated alkanes) is 1. The first-order valence-electron chi connectivity index (χ1n) is 12.9. The van der Waals surface area contributed by atoms with Crippen molar-refractivity contribution in [3.05, 3.63) is 36.0 Å². The van der Waals surface area contributed by atoms with Crippen LogP contribution in [0.3, 0.4) is 0 Å². The molecule has 0 bridgehead atoms. The molecule has 1 heterocycles. The summed E-state index contributed by atoms with van der Waals surface area (Å²) in [6.45, 7) is 3.69.